The van der Waals surface area contributed by atoms with Crippen LogP contribution in [0.4, 0.5) is 18.9 Å². The Bertz CT molecular complexity index is 522. The van der Waals surface area contributed by atoms with Crippen molar-refractivity contribution in [2.45, 2.75) is 24.7 Å². The van der Waals surface area contributed by atoms with E-state index in [2.05, 4.69) is 10.6 Å². The molecule has 1 aliphatic rings. The van der Waals surface area contributed by atoms with Crippen LogP contribution in [0.1, 0.15) is 12.0 Å². The Morgan fingerprint density at radius 1 is 1.40 bits per heavy atom. The second-order valence-electron chi connectivity index (χ2n) is 4.57. The highest BCUT2D eigenvalue weighted by Gasteiger charge is 2.32. The molecular formula is C12H12ClF3N2O2. The molecule has 1 aromatic carbocycles. The average Bonchev–Trinajstić information content (AvgIpc) is 2.74. The third-order valence-corrected chi connectivity index (χ3v) is 3.14. The van der Waals surface area contributed by atoms with Gasteiger partial charge in [-0.25, -0.2) is 0 Å². The van der Waals surface area contributed by atoms with Gasteiger partial charge in [-0.1, -0.05) is 11.6 Å². The van der Waals surface area contributed by atoms with Crippen molar-refractivity contribution in [3.05, 3.63) is 28.8 Å². The van der Waals surface area contributed by atoms with Gasteiger partial charge in [0.15, 0.2) is 0 Å². The second kappa shape index (κ2) is 5.59. The Morgan fingerprint density at radius 2 is 2.10 bits per heavy atom. The maximum atomic E-state index is 12.6. The van der Waals surface area contributed by atoms with Gasteiger partial charge in [-0.3, -0.25) is 4.79 Å². The van der Waals surface area contributed by atoms with Crippen molar-refractivity contribution in [3.63, 3.8) is 0 Å². The summed E-state index contributed by atoms with van der Waals surface area (Å²) in [6, 6.07) is 2.21. The molecule has 1 fully saturated rings. The molecule has 1 saturated heterocycles. The number of aliphatic hydroxyl groups is 1. The quantitative estimate of drug-likeness (QED) is 0.783. The second-order valence-corrected chi connectivity index (χ2v) is 5.00. The lowest BCUT2D eigenvalue weighted by molar-refractivity contribution is -0.137. The summed E-state index contributed by atoms with van der Waals surface area (Å²) >= 11 is 5.62. The number of rotatable bonds is 2. The van der Waals surface area contributed by atoms with Crippen LogP contribution >= 0.6 is 11.6 Å². The number of aliphatic hydroxyl groups excluding tert-OH is 1. The first kappa shape index (κ1) is 15.1. The van der Waals surface area contributed by atoms with E-state index in [0.717, 1.165) is 12.1 Å². The van der Waals surface area contributed by atoms with Crippen molar-refractivity contribution in [2.75, 3.05) is 11.9 Å². The maximum absolute atomic E-state index is 12.6. The Labute approximate surface area is 117 Å². The largest absolute Gasteiger partial charge is 0.416 e. The monoisotopic (exact) mass is 308 g/mol. The lowest BCUT2D eigenvalue weighted by Crippen LogP contribution is -2.35. The van der Waals surface area contributed by atoms with E-state index >= 15 is 0 Å². The SMILES string of the molecule is O=C(Nc1cc(Cl)cc(C(F)(F)F)c1)C1CC(O)CN1. The number of halogens is 4. The van der Waals surface area contributed by atoms with Gasteiger partial charge in [0.2, 0.25) is 5.91 Å². The minimum atomic E-state index is -4.54. The van der Waals surface area contributed by atoms with Gasteiger partial charge < -0.3 is 15.7 Å². The van der Waals surface area contributed by atoms with E-state index in [-0.39, 0.29) is 23.7 Å². The van der Waals surface area contributed by atoms with Gasteiger partial charge in [0, 0.05) is 17.3 Å². The summed E-state index contributed by atoms with van der Waals surface area (Å²) in [5.41, 5.74) is -0.960. The smallest absolute Gasteiger partial charge is 0.392 e. The predicted octanol–water partition coefficient (Wildman–Crippen LogP) is 2.02. The predicted molar refractivity (Wildman–Crippen MR) is 67.5 cm³/mol. The van der Waals surface area contributed by atoms with Gasteiger partial charge >= 0.3 is 6.18 Å². The van der Waals surface area contributed by atoms with Crippen molar-refractivity contribution in [1.29, 1.82) is 0 Å². The van der Waals surface area contributed by atoms with Crippen LogP contribution < -0.4 is 10.6 Å². The molecule has 110 valence electrons. The molecule has 20 heavy (non-hydrogen) atoms. The van der Waals surface area contributed by atoms with Crippen LogP contribution in [-0.2, 0) is 11.0 Å². The number of carbonyl (C=O) groups is 1. The van der Waals surface area contributed by atoms with Gasteiger partial charge in [0.1, 0.15) is 0 Å². The molecule has 2 unspecified atom stereocenters. The lowest BCUT2D eigenvalue weighted by Gasteiger charge is -2.13. The molecular weight excluding hydrogens is 297 g/mol. The molecule has 8 heteroatoms. The summed E-state index contributed by atoms with van der Waals surface area (Å²) in [6.07, 6.45) is -4.94. The van der Waals surface area contributed by atoms with Crippen LogP contribution in [0.15, 0.2) is 18.2 Å². The lowest BCUT2D eigenvalue weighted by atomic mass is 10.1. The highest BCUT2D eigenvalue weighted by molar-refractivity contribution is 6.31. The first-order valence-corrected chi connectivity index (χ1v) is 6.23. The standard InChI is InChI=1S/C12H12ClF3N2O2/c13-7-1-6(12(14,15)16)2-8(3-7)18-11(20)10-4-9(19)5-17-10/h1-3,9-10,17,19H,4-5H2,(H,18,20). The molecule has 0 radical (unpaired) electrons. The molecule has 0 aliphatic carbocycles. The third-order valence-electron chi connectivity index (χ3n) is 2.92. The zero-order valence-electron chi connectivity index (χ0n) is 10.2. The fourth-order valence-corrected chi connectivity index (χ4v) is 2.21. The van der Waals surface area contributed by atoms with Crippen LogP contribution in [0, 0.1) is 0 Å². The normalized spacial score (nSPS) is 22.9. The molecule has 1 aliphatic heterocycles. The van der Waals surface area contributed by atoms with Crippen LogP contribution in [0.2, 0.25) is 5.02 Å². The molecule has 2 atom stereocenters. The summed E-state index contributed by atoms with van der Waals surface area (Å²) in [5.74, 6) is -0.503. The number of hydrogen-bond acceptors (Lipinski definition) is 3. The molecule has 1 heterocycles. The molecule has 2 rings (SSSR count). The highest BCUT2D eigenvalue weighted by atomic mass is 35.5. The fraction of sp³-hybridized carbons (Fsp3) is 0.417. The number of carbonyl (C=O) groups excluding carboxylic acids is 1. The number of β-amino-alcohol motifs (C(OH)–C–C–N with tert-alkyl or cyclic N) is 1. The summed E-state index contributed by atoms with van der Waals surface area (Å²) < 4.78 is 37.9. The summed E-state index contributed by atoms with van der Waals surface area (Å²) in [5, 5.41) is 14.3. The van der Waals surface area contributed by atoms with E-state index in [4.69, 9.17) is 11.6 Å². The Balaban J connectivity index is 2.13. The van der Waals surface area contributed by atoms with Gasteiger partial charge in [-0.2, -0.15) is 13.2 Å². The highest BCUT2D eigenvalue weighted by Crippen LogP contribution is 2.33. The van der Waals surface area contributed by atoms with E-state index < -0.39 is 29.8 Å². The number of hydrogen-bond donors (Lipinski definition) is 3. The molecule has 4 nitrogen and oxygen atoms in total. The van der Waals surface area contributed by atoms with E-state index in [0.29, 0.717) is 0 Å². The van der Waals surface area contributed by atoms with Gasteiger partial charge in [-0.05, 0) is 24.6 Å². The number of anilines is 1. The van der Waals surface area contributed by atoms with E-state index in [1.54, 1.807) is 0 Å². The number of amides is 1. The minimum absolute atomic E-state index is 0.0296. The maximum Gasteiger partial charge on any atom is 0.416 e. The molecule has 0 spiro atoms. The van der Waals surface area contributed by atoms with Gasteiger partial charge in [-0.15, -0.1) is 0 Å². The van der Waals surface area contributed by atoms with E-state index in [1.165, 1.54) is 6.07 Å². The Hall–Kier alpha value is -1.31. The van der Waals surface area contributed by atoms with Crippen molar-refractivity contribution in [3.8, 4) is 0 Å². The van der Waals surface area contributed by atoms with Crippen LogP contribution in [0.3, 0.4) is 0 Å². The van der Waals surface area contributed by atoms with Crippen molar-refractivity contribution >= 4 is 23.2 Å². The molecule has 0 aromatic heterocycles. The summed E-state index contributed by atoms with van der Waals surface area (Å²) in [6.45, 7) is 0.279. The van der Waals surface area contributed by atoms with E-state index in [9.17, 15) is 23.1 Å². The van der Waals surface area contributed by atoms with Crippen molar-refractivity contribution in [1.82, 2.24) is 5.32 Å². The van der Waals surface area contributed by atoms with Crippen LogP contribution in [-0.4, -0.2) is 29.7 Å². The van der Waals surface area contributed by atoms with Crippen LogP contribution in [0.5, 0.6) is 0 Å². The average molecular weight is 309 g/mol. The first-order valence-electron chi connectivity index (χ1n) is 5.86. The third kappa shape index (κ3) is 3.62. The molecule has 0 bridgehead atoms. The number of alkyl halides is 3. The Kier molecular flexibility index (Phi) is 4.22. The molecule has 1 amide bonds. The van der Waals surface area contributed by atoms with Crippen LogP contribution in [0.25, 0.3) is 0 Å². The Morgan fingerprint density at radius 3 is 2.65 bits per heavy atom. The zero-order chi connectivity index (χ0) is 14.9. The van der Waals surface area contributed by atoms with E-state index in [1.807, 2.05) is 0 Å². The number of nitrogens with one attached hydrogen (secondary N) is 2. The summed E-state index contributed by atoms with van der Waals surface area (Å²) in [7, 11) is 0. The van der Waals surface area contributed by atoms with Gasteiger partial charge in [0.05, 0.1) is 17.7 Å². The molecule has 3 N–H and O–H groups in total. The molecule has 1 aromatic rings. The van der Waals surface area contributed by atoms with Gasteiger partial charge in [0.25, 0.3) is 0 Å². The van der Waals surface area contributed by atoms with Crippen molar-refractivity contribution in [2.24, 2.45) is 0 Å². The fourth-order valence-electron chi connectivity index (χ4n) is 1.97. The summed E-state index contributed by atoms with van der Waals surface area (Å²) in [4.78, 5) is 11.8. The van der Waals surface area contributed by atoms with Crippen molar-refractivity contribution < 1.29 is 23.1 Å². The number of benzene rings is 1. The first-order chi connectivity index (χ1) is 9.25. The molecule has 0 saturated carbocycles. The minimum Gasteiger partial charge on any atom is -0.392 e. The topological polar surface area (TPSA) is 61.4 Å². The zero-order valence-corrected chi connectivity index (χ0v) is 10.9.